The number of imidazole rings is 1. The van der Waals surface area contributed by atoms with Crippen molar-refractivity contribution in [2.45, 2.75) is 52.3 Å². The molecule has 0 aliphatic carbocycles. The molecule has 0 radical (unpaired) electrons. The van der Waals surface area contributed by atoms with Gasteiger partial charge in [-0.25, -0.2) is 9.13 Å². The highest BCUT2D eigenvalue weighted by Crippen LogP contribution is 2.20. The van der Waals surface area contributed by atoms with Crippen LogP contribution in [0.1, 0.15) is 19.3 Å². The highest BCUT2D eigenvalue weighted by Gasteiger charge is 2.17. The van der Waals surface area contributed by atoms with Crippen LogP contribution in [-0.4, -0.2) is 49.2 Å². The molecule has 2 rings (SSSR count). The number of hydrogen-bond donors (Lipinski definition) is 3. The number of nitrogens with one attached hydrogen (secondary N) is 1. The molecule has 0 saturated heterocycles. The molecular weight excluding hydrogens is 378 g/mol. The van der Waals surface area contributed by atoms with Crippen LogP contribution in [0.25, 0.3) is 0 Å². The molecule has 3 N–H and O–H groups in total. The largest absolute Gasteiger partial charge is 0.451 e. The number of aromatic nitrogens is 2. The molecular formula is C20H35B2N6O2+. The minimum Gasteiger partial charge on any atom is -0.451 e. The van der Waals surface area contributed by atoms with Crippen LogP contribution in [0.5, 0.6) is 0 Å². The molecule has 30 heavy (non-hydrogen) atoms. The predicted octanol–water partition coefficient (Wildman–Crippen LogP) is 2.74. The van der Waals surface area contributed by atoms with E-state index in [1.165, 1.54) is 0 Å². The van der Waals surface area contributed by atoms with E-state index < -0.39 is 7.05 Å². The van der Waals surface area contributed by atoms with Crippen molar-refractivity contribution in [1.82, 2.24) is 9.79 Å². The number of azo groups is 1. The standard InChI is InChI=1S/C20H35B2N6O2/c1-21(29)12-5-6-14-27-16-17-28(15-7-13-23-22(2)30)20(27)25-24-18-8-10-19(11-9-18)26(3)4/h8-11,16-17,23,29-30H,5-7,12-15H2,1-4H3/q+1. The second kappa shape index (κ2) is 12.5. The summed E-state index contributed by atoms with van der Waals surface area (Å²) in [7, 11) is 3.52. The van der Waals surface area contributed by atoms with Gasteiger partial charge in [0.1, 0.15) is 5.69 Å². The maximum absolute atomic E-state index is 9.46. The first-order valence-corrected chi connectivity index (χ1v) is 10.7. The fourth-order valence-electron chi connectivity index (χ4n) is 3.13. The minimum absolute atomic E-state index is 0.259. The number of nitrogens with zero attached hydrogens (tertiary/aromatic N) is 5. The number of aryl methyl sites for hydroxylation is 2. The third-order valence-electron chi connectivity index (χ3n) is 4.85. The summed E-state index contributed by atoms with van der Waals surface area (Å²) in [5.74, 6) is 0.806. The van der Waals surface area contributed by atoms with E-state index in [9.17, 15) is 10.0 Å². The molecule has 0 fully saturated rings. The maximum atomic E-state index is 9.46. The van der Waals surface area contributed by atoms with Gasteiger partial charge >= 0.3 is 13.0 Å². The van der Waals surface area contributed by atoms with Crippen LogP contribution in [0.3, 0.4) is 0 Å². The zero-order valence-electron chi connectivity index (χ0n) is 18.7. The summed E-state index contributed by atoms with van der Waals surface area (Å²) in [6.07, 6.45) is 7.69. The van der Waals surface area contributed by atoms with Crippen molar-refractivity contribution in [1.29, 1.82) is 0 Å². The van der Waals surface area contributed by atoms with E-state index in [-0.39, 0.29) is 6.92 Å². The van der Waals surface area contributed by atoms with Crippen molar-refractivity contribution in [3.63, 3.8) is 0 Å². The normalized spacial score (nSPS) is 11.3. The number of rotatable bonds is 13. The first-order chi connectivity index (χ1) is 14.4. The lowest BCUT2D eigenvalue weighted by Gasteiger charge is -2.11. The summed E-state index contributed by atoms with van der Waals surface area (Å²) in [5.41, 5.74) is 1.93. The Morgan fingerprint density at radius 3 is 2.43 bits per heavy atom. The van der Waals surface area contributed by atoms with Crippen molar-refractivity contribution in [2.75, 3.05) is 25.5 Å². The lowest BCUT2D eigenvalue weighted by Crippen LogP contribution is -2.37. The van der Waals surface area contributed by atoms with Gasteiger partial charge in [-0.3, -0.25) is 0 Å². The lowest BCUT2D eigenvalue weighted by molar-refractivity contribution is -0.683. The van der Waals surface area contributed by atoms with Crippen molar-refractivity contribution in [3.8, 4) is 0 Å². The van der Waals surface area contributed by atoms with Crippen LogP contribution in [0.15, 0.2) is 46.9 Å². The summed E-state index contributed by atoms with van der Waals surface area (Å²) in [5, 5.41) is 30.8. The Hall–Kier alpha value is -2.16. The second-order valence-electron chi connectivity index (χ2n) is 7.92. The van der Waals surface area contributed by atoms with Crippen molar-refractivity contribution < 1.29 is 14.6 Å². The van der Waals surface area contributed by atoms with E-state index in [4.69, 9.17) is 0 Å². The smallest absolute Gasteiger partial charge is 0.421 e. The second-order valence-corrected chi connectivity index (χ2v) is 7.92. The molecule has 10 heteroatoms. The Balaban J connectivity index is 2.09. The molecule has 162 valence electrons. The van der Waals surface area contributed by atoms with Crippen LogP contribution in [0.4, 0.5) is 17.3 Å². The van der Waals surface area contributed by atoms with Crippen LogP contribution >= 0.6 is 0 Å². The van der Waals surface area contributed by atoms with Crippen LogP contribution < -0.4 is 14.7 Å². The SMILES string of the molecule is CB(O)CCCCn1cc[n+](CCCNB(C)O)c1N=Nc1ccc(N(C)C)cc1. The number of hydrogen-bond acceptors (Lipinski definition) is 6. The fraction of sp³-hybridized carbons (Fsp3) is 0.550. The summed E-state index contributed by atoms with van der Waals surface area (Å²) < 4.78 is 4.21. The molecule has 2 aromatic rings. The van der Waals surface area contributed by atoms with Crippen LogP contribution in [-0.2, 0) is 13.1 Å². The van der Waals surface area contributed by atoms with E-state index in [0.29, 0.717) is 0 Å². The Bertz CT molecular complexity index is 745. The summed E-state index contributed by atoms with van der Waals surface area (Å²) in [4.78, 5) is 2.05. The zero-order chi connectivity index (χ0) is 21.9. The zero-order valence-corrected chi connectivity index (χ0v) is 18.7. The number of unbranched alkanes of at least 4 members (excludes halogenated alkanes) is 1. The first kappa shape index (κ1) is 24.1. The predicted molar refractivity (Wildman–Crippen MR) is 124 cm³/mol. The average Bonchev–Trinajstić information content (AvgIpc) is 3.08. The molecule has 0 bridgehead atoms. The monoisotopic (exact) mass is 413 g/mol. The van der Waals surface area contributed by atoms with E-state index in [0.717, 1.165) is 62.5 Å². The Morgan fingerprint density at radius 1 is 1.07 bits per heavy atom. The van der Waals surface area contributed by atoms with Gasteiger partial charge in [-0.2, -0.15) is 0 Å². The van der Waals surface area contributed by atoms with E-state index in [1.54, 1.807) is 6.82 Å². The van der Waals surface area contributed by atoms with Crippen LogP contribution in [0, 0.1) is 0 Å². The number of benzene rings is 1. The van der Waals surface area contributed by atoms with E-state index >= 15 is 0 Å². The van der Waals surface area contributed by atoms with Gasteiger partial charge in [0.15, 0.2) is 0 Å². The van der Waals surface area contributed by atoms with Gasteiger partial charge in [0.05, 0.1) is 25.5 Å². The quantitative estimate of drug-likeness (QED) is 0.204. The molecule has 1 heterocycles. The maximum Gasteiger partial charge on any atom is 0.421 e. The van der Waals surface area contributed by atoms with Gasteiger partial charge in [-0.15, -0.1) is 0 Å². The van der Waals surface area contributed by atoms with E-state index in [1.807, 2.05) is 57.6 Å². The summed E-state index contributed by atoms with van der Waals surface area (Å²) >= 11 is 0. The first-order valence-electron chi connectivity index (χ1n) is 10.7. The molecule has 8 nitrogen and oxygen atoms in total. The van der Waals surface area contributed by atoms with Crippen molar-refractivity contribution >= 4 is 31.3 Å². The third kappa shape index (κ3) is 8.30. The highest BCUT2D eigenvalue weighted by atomic mass is 16.2. The lowest BCUT2D eigenvalue weighted by atomic mass is 9.67. The fourth-order valence-corrected chi connectivity index (χ4v) is 3.13. The molecule has 1 aromatic carbocycles. The van der Waals surface area contributed by atoms with Gasteiger partial charge in [0, 0.05) is 24.9 Å². The summed E-state index contributed by atoms with van der Waals surface area (Å²) in [6, 6.07) is 7.98. The molecule has 0 aliphatic heterocycles. The highest BCUT2D eigenvalue weighted by molar-refractivity contribution is 6.48. The van der Waals surface area contributed by atoms with Crippen LogP contribution in [0.2, 0.25) is 20.0 Å². The molecule has 0 atom stereocenters. The van der Waals surface area contributed by atoms with Crippen molar-refractivity contribution in [2.24, 2.45) is 10.2 Å². The van der Waals surface area contributed by atoms with Gasteiger partial charge in [0.25, 0.3) is 6.92 Å². The van der Waals surface area contributed by atoms with Gasteiger partial charge in [-0.1, -0.05) is 18.4 Å². The number of anilines is 1. The minimum atomic E-state index is -0.502. The van der Waals surface area contributed by atoms with E-state index in [2.05, 4.69) is 29.5 Å². The molecule has 0 aliphatic rings. The molecule has 1 aromatic heterocycles. The molecule has 0 unspecified atom stereocenters. The average molecular weight is 413 g/mol. The Kier molecular flexibility index (Phi) is 10.1. The molecule has 0 spiro atoms. The molecule has 0 amide bonds. The molecule has 0 saturated carbocycles. The van der Waals surface area contributed by atoms with Gasteiger partial charge in [-0.05, 0) is 56.8 Å². The van der Waals surface area contributed by atoms with Crippen molar-refractivity contribution in [3.05, 3.63) is 36.7 Å². The third-order valence-corrected chi connectivity index (χ3v) is 4.85. The summed E-state index contributed by atoms with van der Waals surface area (Å²) in [6.45, 7) is 5.63. The van der Waals surface area contributed by atoms with Gasteiger partial charge in [0.2, 0.25) is 0 Å². The Labute approximate surface area is 180 Å². The Morgan fingerprint density at radius 2 is 1.80 bits per heavy atom. The topological polar surface area (TPSA) is 89.3 Å². The van der Waals surface area contributed by atoms with Gasteiger partial charge < -0.3 is 20.2 Å².